The lowest BCUT2D eigenvalue weighted by molar-refractivity contribution is 0.102. The number of carbonyl (C=O) groups is 1. The van der Waals surface area contributed by atoms with E-state index in [0.29, 0.717) is 29.3 Å². The second-order valence-corrected chi connectivity index (χ2v) is 7.40. The molecular weight excluding hydrogens is 409 g/mol. The molecule has 2 aromatic carbocycles. The fourth-order valence-corrected chi connectivity index (χ4v) is 3.64. The van der Waals surface area contributed by atoms with E-state index < -0.39 is 5.82 Å². The zero-order chi connectivity index (χ0) is 22.2. The van der Waals surface area contributed by atoms with Crippen molar-refractivity contribution in [3.8, 4) is 16.9 Å². The molecule has 0 radical (unpaired) electrons. The molecule has 2 N–H and O–H groups in total. The number of fused-ring (bicyclic) bond motifs is 2. The monoisotopic (exact) mass is 429 g/mol. The minimum absolute atomic E-state index is 0.228. The van der Waals surface area contributed by atoms with Gasteiger partial charge in [0, 0.05) is 12.4 Å². The molecule has 0 aliphatic rings. The first-order valence-corrected chi connectivity index (χ1v) is 10.2. The van der Waals surface area contributed by atoms with E-state index in [0.717, 1.165) is 22.3 Å². The second kappa shape index (κ2) is 7.81. The molecule has 0 saturated carbocycles. The maximum atomic E-state index is 14.2. The number of anilines is 1. The lowest BCUT2D eigenvalue weighted by atomic mass is 10.0. The van der Waals surface area contributed by atoms with Crippen LogP contribution in [0.25, 0.3) is 27.8 Å². The van der Waals surface area contributed by atoms with Crippen LogP contribution in [0, 0.1) is 12.7 Å². The van der Waals surface area contributed by atoms with Crippen molar-refractivity contribution in [1.29, 1.82) is 0 Å². The molecule has 0 bridgehead atoms. The lowest BCUT2D eigenvalue weighted by Gasteiger charge is -2.07. The van der Waals surface area contributed by atoms with E-state index in [4.69, 9.17) is 4.74 Å². The van der Waals surface area contributed by atoms with Crippen LogP contribution in [0.4, 0.5) is 10.3 Å². The summed E-state index contributed by atoms with van der Waals surface area (Å²) in [4.78, 5) is 24.6. The third kappa shape index (κ3) is 3.56. The fraction of sp³-hybridized carbons (Fsp3) is 0.125. The van der Waals surface area contributed by atoms with Gasteiger partial charge in [-0.05, 0) is 60.9 Å². The molecule has 32 heavy (non-hydrogen) atoms. The summed E-state index contributed by atoms with van der Waals surface area (Å²) in [6.07, 6.45) is 3.53. The van der Waals surface area contributed by atoms with Crippen molar-refractivity contribution in [2.75, 3.05) is 11.9 Å². The molecule has 0 aliphatic heterocycles. The largest absolute Gasteiger partial charge is 0.491 e. The number of imidazole rings is 2. The van der Waals surface area contributed by atoms with Gasteiger partial charge in [0.2, 0.25) is 5.95 Å². The topological polar surface area (TPSA) is 84.3 Å². The van der Waals surface area contributed by atoms with Crippen LogP contribution in [0.3, 0.4) is 0 Å². The van der Waals surface area contributed by atoms with Gasteiger partial charge in [0.15, 0.2) is 11.6 Å². The van der Waals surface area contributed by atoms with Crippen LogP contribution < -0.4 is 10.1 Å². The molecule has 0 unspecified atom stereocenters. The summed E-state index contributed by atoms with van der Waals surface area (Å²) in [5.41, 5.74) is 4.94. The van der Waals surface area contributed by atoms with Gasteiger partial charge in [0.1, 0.15) is 11.3 Å². The molecule has 3 heterocycles. The van der Waals surface area contributed by atoms with Gasteiger partial charge in [0.25, 0.3) is 5.91 Å². The Morgan fingerprint density at radius 1 is 1.16 bits per heavy atom. The zero-order valence-corrected chi connectivity index (χ0v) is 17.5. The summed E-state index contributed by atoms with van der Waals surface area (Å²) >= 11 is 0. The Morgan fingerprint density at radius 3 is 2.75 bits per heavy atom. The summed E-state index contributed by atoms with van der Waals surface area (Å²) in [6, 6.07) is 14.2. The maximum absolute atomic E-state index is 14.2. The normalized spacial score (nSPS) is 11.2. The Morgan fingerprint density at radius 2 is 1.97 bits per heavy atom. The average Bonchev–Trinajstić information content (AvgIpc) is 3.39. The standard InChI is InChI=1S/C24H20FN5O2/c1-3-32-21-9-7-15(11-17(21)25)16-6-8-18-19(12-16)28-24(27-18)29-23(31)20-13-30-10-4-5-14(2)22(30)26-20/h4-13H,3H2,1-2H3,(H2,27,28,29,31). The summed E-state index contributed by atoms with van der Waals surface area (Å²) < 4.78 is 21.3. The molecule has 1 amide bonds. The number of aromatic amines is 1. The summed E-state index contributed by atoms with van der Waals surface area (Å²) in [5.74, 6) is -0.231. The highest BCUT2D eigenvalue weighted by Gasteiger charge is 2.14. The third-order valence-corrected chi connectivity index (χ3v) is 5.19. The van der Waals surface area contributed by atoms with Crippen LogP contribution in [0.5, 0.6) is 5.75 Å². The highest BCUT2D eigenvalue weighted by Crippen LogP contribution is 2.28. The van der Waals surface area contributed by atoms with Gasteiger partial charge in [-0.3, -0.25) is 10.1 Å². The number of nitrogens with zero attached hydrogens (tertiary/aromatic N) is 3. The minimum atomic E-state index is -0.412. The molecule has 7 nitrogen and oxygen atoms in total. The predicted octanol–water partition coefficient (Wildman–Crippen LogP) is 4.98. The molecular formula is C24H20FN5O2. The number of hydrogen-bond donors (Lipinski definition) is 2. The van der Waals surface area contributed by atoms with Gasteiger partial charge in [-0.2, -0.15) is 0 Å². The first-order chi connectivity index (χ1) is 15.5. The van der Waals surface area contributed by atoms with Crippen molar-refractivity contribution >= 4 is 28.5 Å². The zero-order valence-electron chi connectivity index (χ0n) is 17.5. The Bertz CT molecular complexity index is 1470. The molecule has 0 atom stereocenters. The molecule has 0 fully saturated rings. The number of halogens is 1. The van der Waals surface area contributed by atoms with Crippen molar-refractivity contribution in [2.24, 2.45) is 0 Å². The number of nitrogens with one attached hydrogen (secondary N) is 2. The summed E-state index contributed by atoms with van der Waals surface area (Å²) in [6.45, 7) is 4.16. The molecule has 0 spiro atoms. The van der Waals surface area contributed by atoms with Crippen LogP contribution in [-0.2, 0) is 0 Å². The molecule has 5 rings (SSSR count). The Labute approximate surface area is 182 Å². The van der Waals surface area contributed by atoms with Gasteiger partial charge in [-0.15, -0.1) is 0 Å². The molecule has 0 aliphatic carbocycles. The fourth-order valence-electron chi connectivity index (χ4n) is 3.64. The minimum Gasteiger partial charge on any atom is -0.491 e. The second-order valence-electron chi connectivity index (χ2n) is 7.40. The van der Waals surface area contributed by atoms with E-state index in [1.165, 1.54) is 6.07 Å². The van der Waals surface area contributed by atoms with Crippen LogP contribution in [0.15, 0.2) is 60.9 Å². The molecule has 8 heteroatoms. The number of rotatable bonds is 5. The smallest absolute Gasteiger partial charge is 0.278 e. The number of pyridine rings is 1. The third-order valence-electron chi connectivity index (χ3n) is 5.19. The van der Waals surface area contributed by atoms with E-state index in [2.05, 4.69) is 20.3 Å². The van der Waals surface area contributed by atoms with E-state index in [1.807, 2.05) is 54.8 Å². The van der Waals surface area contributed by atoms with E-state index in [-0.39, 0.29) is 11.7 Å². The first kappa shape index (κ1) is 19.7. The number of H-pyrrole nitrogens is 1. The number of aromatic nitrogens is 4. The molecule has 3 aromatic heterocycles. The van der Waals surface area contributed by atoms with Crippen molar-refractivity contribution in [3.05, 3.63) is 78.0 Å². The number of hydrogen-bond acceptors (Lipinski definition) is 4. The van der Waals surface area contributed by atoms with Gasteiger partial charge in [-0.1, -0.05) is 18.2 Å². The number of amides is 1. The van der Waals surface area contributed by atoms with E-state index in [9.17, 15) is 9.18 Å². The van der Waals surface area contributed by atoms with Crippen molar-refractivity contribution in [2.45, 2.75) is 13.8 Å². The van der Waals surface area contributed by atoms with Gasteiger partial charge in [0.05, 0.1) is 17.6 Å². The Kier molecular flexibility index (Phi) is 4.82. The van der Waals surface area contributed by atoms with Crippen LogP contribution in [0.1, 0.15) is 23.0 Å². The Hall–Kier alpha value is -4.20. The molecule has 5 aromatic rings. The highest BCUT2D eigenvalue weighted by atomic mass is 19.1. The van der Waals surface area contributed by atoms with Crippen molar-refractivity contribution in [3.63, 3.8) is 0 Å². The Balaban J connectivity index is 1.40. The van der Waals surface area contributed by atoms with E-state index in [1.54, 1.807) is 18.3 Å². The number of benzene rings is 2. The number of ether oxygens (including phenoxy) is 1. The SMILES string of the molecule is CCOc1ccc(-c2ccc3nc(NC(=O)c4cn5cccc(C)c5n4)[nH]c3c2)cc1F. The summed E-state index contributed by atoms with van der Waals surface area (Å²) in [5, 5.41) is 2.76. The number of aryl methyl sites for hydroxylation is 1. The summed E-state index contributed by atoms with van der Waals surface area (Å²) in [7, 11) is 0. The quantitative estimate of drug-likeness (QED) is 0.413. The molecule has 0 saturated heterocycles. The van der Waals surface area contributed by atoms with Crippen LogP contribution in [0.2, 0.25) is 0 Å². The number of carbonyl (C=O) groups excluding carboxylic acids is 1. The lowest BCUT2D eigenvalue weighted by Crippen LogP contribution is -2.13. The van der Waals surface area contributed by atoms with Gasteiger partial charge < -0.3 is 14.1 Å². The predicted molar refractivity (Wildman–Crippen MR) is 121 cm³/mol. The van der Waals surface area contributed by atoms with E-state index >= 15 is 0 Å². The molecule has 160 valence electrons. The maximum Gasteiger partial charge on any atom is 0.278 e. The van der Waals surface area contributed by atoms with Crippen molar-refractivity contribution < 1.29 is 13.9 Å². The van der Waals surface area contributed by atoms with Gasteiger partial charge in [-0.25, -0.2) is 14.4 Å². The van der Waals surface area contributed by atoms with Crippen LogP contribution in [-0.4, -0.2) is 31.9 Å². The average molecular weight is 429 g/mol. The van der Waals surface area contributed by atoms with Crippen LogP contribution >= 0.6 is 0 Å². The first-order valence-electron chi connectivity index (χ1n) is 10.2. The highest BCUT2D eigenvalue weighted by molar-refractivity contribution is 6.03. The van der Waals surface area contributed by atoms with Gasteiger partial charge >= 0.3 is 0 Å². The van der Waals surface area contributed by atoms with Crippen molar-refractivity contribution in [1.82, 2.24) is 19.4 Å².